The zero-order valence-electron chi connectivity index (χ0n) is 15.6. The summed E-state index contributed by atoms with van der Waals surface area (Å²) in [4.78, 5) is 9.31. The average molecular weight is 441 g/mol. The van der Waals surface area contributed by atoms with Crippen LogP contribution in [0.3, 0.4) is 0 Å². The molecule has 0 amide bonds. The van der Waals surface area contributed by atoms with Crippen molar-refractivity contribution in [3.05, 3.63) is 0 Å². The standard InChI is InChI=1S/C16H35N5O.HI/c1-13(2)15(21-9-7-20(5)8-10-21)11-18-16(17-4)19-14(3)12-22-6;/h13-15H,7-12H2,1-6H3,(H2,17,18,19);1H. The molecule has 138 valence electrons. The Morgan fingerprint density at radius 2 is 1.78 bits per heavy atom. The number of methoxy groups -OCH3 is 1. The highest BCUT2D eigenvalue weighted by Crippen LogP contribution is 2.12. The maximum atomic E-state index is 5.16. The molecule has 1 aliphatic heterocycles. The lowest BCUT2D eigenvalue weighted by Gasteiger charge is -2.40. The van der Waals surface area contributed by atoms with E-state index in [1.807, 2.05) is 7.05 Å². The highest BCUT2D eigenvalue weighted by atomic mass is 127. The summed E-state index contributed by atoms with van der Waals surface area (Å²) in [6.45, 7) is 12.9. The fourth-order valence-electron chi connectivity index (χ4n) is 2.86. The summed E-state index contributed by atoms with van der Waals surface area (Å²) in [6.07, 6.45) is 0. The van der Waals surface area contributed by atoms with Crippen LogP contribution in [0.1, 0.15) is 20.8 Å². The number of nitrogens with zero attached hydrogens (tertiary/aromatic N) is 3. The van der Waals surface area contributed by atoms with Gasteiger partial charge in [0.15, 0.2) is 5.96 Å². The Labute approximate surface area is 159 Å². The average Bonchev–Trinajstić information content (AvgIpc) is 2.48. The third-order valence-electron chi connectivity index (χ3n) is 4.28. The van der Waals surface area contributed by atoms with Crippen LogP contribution < -0.4 is 10.6 Å². The van der Waals surface area contributed by atoms with Crippen LogP contribution in [0, 0.1) is 5.92 Å². The van der Waals surface area contributed by atoms with Gasteiger partial charge in [-0.05, 0) is 19.9 Å². The van der Waals surface area contributed by atoms with Gasteiger partial charge in [0.25, 0.3) is 0 Å². The van der Waals surface area contributed by atoms with Gasteiger partial charge in [-0.1, -0.05) is 13.8 Å². The van der Waals surface area contributed by atoms with Crippen molar-refractivity contribution in [1.29, 1.82) is 0 Å². The van der Waals surface area contributed by atoms with Gasteiger partial charge in [-0.3, -0.25) is 9.89 Å². The third kappa shape index (κ3) is 8.51. The first kappa shape index (κ1) is 22.9. The number of guanidine groups is 1. The molecule has 0 aliphatic carbocycles. The number of hydrogen-bond donors (Lipinski definition) is 2. The van der Waals surface area contributed by atoms with Crippen LogP contribution in [0.25, 0.3) is 0 Å². The number of likely N-dealkylation sites (N-methyl/N-ethyl adjacent to an activating group) is 1. The van der Waals surface area contributed by atoms with Crippen LogP contribution >= 0.6 is 24.0 Å². The molecule has 0 aromatic rings. The molecule has 1 saturated heterocycles. The van der Waals surface area contributed by atoms with E-state index in [0.717, 1.165) is 38.7 Å². The molecule has 0 spiro atoms. The lowest BCUT2D eigenvalue weighted by Crippen LogP contribution is -2.55. The fourth-order valence-corrected chi connectivity index (χ4v) is 2.86. The fraction of sp³-hybridized carbons (Fsp3) is 0.938. The van der Waals surface area contributed by atoms with Crippen LogP contribution in [0.2, 0.25) is 0 Å². The van der Waals surface area contributed by atoms with Crippen LogP contribution in [0.15, 0.2) is 4.99 Å². The first-order chi connectivity index (χ1) is 10.5. The molecule has 2 unspecified atom stereocenters. The number of aliphatic imine (C=N–C) groups is 1. The van der Waals surface area contributed by atoms with E-state index in [-0.39, 0.29) is 30.0 Å². The molecule has 6 nitrogen and oxygen atoms in total. The van der Waals surface area contributed by atoms with Gasteiger partial charge in [0, 0.05) is 59.0 Å². The number of piperazine rings is 1. The number of halogens is 1. The Morgan fingerprint density at radius 3 is 2.26 bits per heavy atom. The molecule has 23 heavy (non-hydrogen) atoms. The van der Waals surface area contributed by atoms with Crippen molar-refractivity contribution in [1.82, 2.24) is 20.4 Å². The van der Waals surface area contributed by atoms with E-state index >= 15 is 0 Å². The van der Waals surface area contributed by atoms with Crippen molar-refractivity contribution >= 4 is 29.9 Å². The second-order valence-electron chi connectivity index (χ2n) is 6.60. The normalized spacial score (nSPS) is 20.0. The van der Waals surface area contributed by atoms with Crippen LogP contribution in [-0.4, -0.2) is 88.4 Å². The van der Waals surface area contributed by atoms with Crippen molar-refractivity contribution < 1.29 is 4.74 Å². The van der Waals surface area contributed by atoms with Crippen LogP contribution in [-0.2, 0) is 4.74 Å². The topological polar surface area (TPSA) is 52.1 Å². The molecule has 0 bridgehead atoms. The molecule has 1 rings (SSSR count). The Hall–Kier alpha value is -0.120. The predicted octanol–water partition coefficient (Wildman–Crippen LogP) is 1.08. The summed E-state index contributed by atoms with van der Waals surface area (Å²) in [7, 11) is 5.73. The van der Waals surface area contributed by atoms with Gasteiger partial charge in [-0.25, -0.2) is 0 Å². The molecule has 1 heterocycles. The Balaban J connectivity index is 0.00000484. The molecule has 1 fully saturated rings. The summed E-state index contributed by atoms with van der Waals surface area (Å²) in [5.41, 5.74) is 0. The minimum absolute atomic E-state index is 0. The van der Waals surface area contributed by atoms with Gasteiger partial charge in [0.1, 0.15) is 0 Å². The van der Waals surface area contributed by atoms with Crippen LogP contribution in [0.5, 0.6) is 0 Å². The van der Waals surface area contributed by atoms with Gasteiger partial charge >= 0.3 is 0 Å². The number of ether oxygens (including phenoxy) is 1. The number of nitrogens with one attached hydrogen (secondary N) is 2. The van der Waals surface area contributed by atoms with E-state index in [1.165, 1.54) is 0 Å². The van der Waals surface area contributed by atoms with E-state index in [9.17, 15) is 0 Å². The second kappa shape index (κ2) is 12.3. The molecule has 0 saturated carbocycles. The zero-order chi connectivity index (χ0) is 16.5. The highest BCUT2D eigenvalue weighted by Gasteiger charge is 2.25. The van der Waals surface area contributed by atoms with Gasteiger partial charge < -0.3 is 20.3 Å². The lowest BCUT2D eigenvalue weighted by atomic mass is 10.0. The van der Waals surface area contributed by atoms with E-state index in [4.69, 9.17) is 4.74 Å². The predicted molar refractivity (Wildman–Crippen MR) is 109 cm³/mol. The summed E-state index contributed by atoms with van der Waals surface area (Å²) in [5, 5.41) is 6.84. The largest absolute Gasteiger partial charge is 0.383 e. The lowest BCUT2D eigenvalue weighted by molar-refractivity contribution is 0.0899. The van der Waals surface area contributed by atoms with Crippen LogP contribution in [0.4, 0.5) is 0 Å². The summed E-state index contributed by atoms with van der Waals surface area (Å²) >= 11 is 0. The Kier molecular flexibility index (Phi) is 12.2. The molecule has 0 radical (unpaired) electrons. The van der Waals surface area contributed by atoms with E-state index in [2.05, 4.69) is 53.2 Å². The van der Waals surface area contributed by atoms with E-state index < -0.39 is 0 Å². The Morgan fingerprint density at radius 1 is 1.17 bits per heavy atom. The second-order valence-corrected chi connectivity index (χ2v) is 6.60. The van der Waals surface area contributed by atoms with Crippen molar-refractivity contribution in [3.8, 4) is 0 Å². The molecule has 0 aromatic heterocycles. The quantitative estimate of drug-likeness (QED) is 0.352. The molecule has 2 N–H and O–H groups in total. The summed E-state index contributed by atoms with van der Waals surface area (Å²) < 4.78 is 5.16. The van der Waals surface area contributed by atoms with Gasteiger partial charge in [-0.2, -0.15) is 0 Å². The SMILES string of the molecule is CN=C(NCC(C(C)C)N1CCN(C)CC1)NC(C)COC.I. The Bertz CT molecular complexity index is 332. The maximum absolute atomic E-state index is 5.16. The molecule has 7 heteroatoms. The smallest absolute Gasteiger partial charge is 0.191 e. The number of hydrogen-bond acceptors (Lipinski definition) is 4. The highest BCUT2D eigenvalue weighted by molar-refractivity contribution is 14.0. The van der Waals surface area contributed by atoms with Crippen molar-refractivity contribution in [2.45, 2.75) is 32.9 Å². The van der Waals surface area contributed by atoms with Gasteiger partial charge in [0.05, 0.1) is 6.61 Å². The minimum atomic E-state index is 0. The molecule has 0 aromatic carbocycles. The molecule has 1 aliphatic rings. The van der Waals surface area contributed by atoms with Crippen molar-refractivity contribution in [2.75, 3.05) is 60.5 Å². The third-order valence-corrected chi connectivity index (χ3v) is 4.28. The van der Waals surface area contributed by atoms with E-state index in [0.29, 0.717) is 18.6 Å². The van der Waals surface area contributed by atoms with Crippen molar-refractivity contribution in [3.63, 3.8) is 0 Å². The first-order valence-electron chi connectivity index (χ1n) is 8.36. The molecular weight excluding hydrogens is 405 g/mol. The number of rotatable bonds is 7. The summed E-state index contributed by atoms with van der Waals surface area (Å²) in [6, 6.07) is 0.780. The first-order valence-corrected chi connectivity index (χ1v) is 8.36. The van der Waals surface area contributed by atoms with Gasteiger partial charge in [0.2, 0.25) is 0 Å². The maximum Gasteiger partial charge on any atom is 0.191 e. The monoisotopic (exact) mass is 441 g/mol. The molecular formula is C16H36IN5O. The van der Waals surface area contributed by atoms with Crippen molar-refractivity contribution in [2.24, 2.45) is 10.9 Å². The minimum Gasteiger partial charge on any atom is -0.383 e. The van der Waals surface area contributed by atoms with Gasteiger partial charge in [-0.15, -0.1) is 24.0 Å². The summed E-state index contributed by atoms with van der Waals surface area (Å²) in [5.74, 6) is 1.47. The zero-order valence-corrected chi connectivity index (χ0v) is 18.0. The van der Waals surface area contributed by atoms with E-state index in [1.54, 1.807) is 7.11 Å². The molecule has 2 atom stereocenters.